The number of fused-ring (bicyclic) bond motifs is 1. The molecular weight excluding hydrogens is 254 g/mol. The first-order chi connectivity index (χ1) is 9.27. The fourth-order valence-electron chi connectivity index (χ4n) is 2.53. The third-order valence-electron chi connectivity index (χ3n) is 3.64. The van der Waals surface area contributed by atoms with Crippen molar-refractivity contribution in [1.82, 2.24) is 0 Å². The zero-order valence-electron chi connectivity index (χ0n) is 12.6. The van der Waals surface area contributed by atoms with Gasteiger partial charge in [-0.15, -0.1) is 0 Å². The van der Waals surface area contributed by atoms with Crippen molar-refractivity contribution in [1.29, 1.82) is 0 Å². The summed E-state index contributed by atoms with van der Waals surface area (Å²) in [6.07, 6.45) is 0.800. The van der Waals surface area contributed by atoms with E-state index < -0.39 is 11.2 Å². The highest BCUT2D eigenvalue weighted by Gasteiger charge is 2.38. The smallest absolute Gasteiger partial charge is 0.414 e. The molecule has 0 aliphatic carbocycles. The minimum Gasteiger partial charge on any atom is -0.443 e. The summed E-state index contributed by atoms with van der Waals surface area (Å²) in [6, 6.07) is 7.50. The van der Waals surface area contributed by atoms with E-state index in [1.54, 1.807) is 4.90 Å². The molecular formula is C16H23NO3. The van der Waals surface area contributed by atoms with E-state index in [0.29, 0.717) is 19.4 Å². The Morgan fingerprint density at radius 2 is 2.05 bits per heavy atom. The Morgan fingerprint density at radius 3 is 2.65 bits per heavy atom. The van der Waals surface area contributed by atoms with Crippen LogP contribution in [0.1, 0.15) is 46.1 Å². The molecule has 1 aliphatic rings. The number of hydrogen-bond acceptors (Lipinski definition) is 3. The lowest BCUT2D eigenvalue weighted by Gasteiger charge is -2.39. The molecule has 1 heterocycles. The van der Waals surface area contributed by atoms with Crippen LogP contribution in [0.3, 0.4) is 0 Å². The Kier molecular flexibility index (Phi) is 3.78. The molecule has 0 saturated carbocycles. The molecule has 1 N–H and O–H groups in total. The predicted molar refractivity (Wildman–Crippen MR) is 78.8 cm³/mol. The zero-order chi connectivity index (χ0) is 15.0. The molecule has 0 spiro atoms. The fourth-order valence-corrected chi connectivity index (χ4v) is 2.53. The van der Waals surface area contributed by atoms with Crippen molar-refractivity contribution < 1.29 is 14.6 Å². The molecule has 0 fully saturated rings. The van der Waals surface area contributed by atoms with Crippen molar-refractivity contribution in [2.45, 2.75) is 51.7 Å². The number of hydrogen-bond donors (Lipinski definition) is 1. The lowest BCUT2D eigenvalue weighted by molar-refractivity contribution is 0.0183. The fraction of sp³-hybridized carbons (Fsp3) is 0.562. The maximum atomic E-state index is 12.3. The minimum absolute atomic E-state index is 0.358. The summed E-state index contributed by atoms with van der Waals surface area (Å²) in [5, 5.41) is 10.7. The van der Waals surface area contributed by atoms with Crippen molar-refractivity contribution in [2.75, 3.05) is 11.4 Å². The number of ether oxygens (including phenoxy) is 1. The van der Waals surface area contributed by atoms with Crippen LogP contribution in [0.4, 0.5) is 10.5 Å². The first-order valence-corrected chi connectivity index (χ1v) is 7.09. The SMILES string of the molecule is CC[C@]1(O)CCN(C(=O)OC(C)(C)C)c2ccccc21. The Labute approximate surface area is 120 Å². The van der Waals surface area contributed by atoms with Crippen molar-refractivity contribution in [3.63, 3.8) is 0 Å². The van der Waals surface area contributed by atoms with Gasteiger partial charge in [-0.1, -0.05) is 25.1 Å². The van der Waals surface area contributed by atoms with E-state index in [-0.39, 0.29) is 6.09 Å². The van der Waals surface area contributed by atoms with Crippen LogP contribution >= 0.6 is 0 Å². The topological polar surface area (TPSA) is 49.8 Å². The van der Waals surface area contributed by atoms with E-state index in [2.05, 4.69) is 0 Å². The van der Waals surface area contributed by atoms with E-state index in [1.165, 1.54) is 0 Å². The minimum atomic E-state index is -0.852. The van der Waals surface area contributed by atoms with Gasteiger partial charge >= 0.3 is 6.09 Å². The van der Waals surface area contributed by atoms with Gasteiger partial charge in [0.1, 0.15) is 5.60 Å². The highest BCUT2D eigenvalue weighted by atomic mass is 16.6. The van der Waals surface area contributed by atoms with Crippen LogP contribution in [0.15, 0.2) is 24.3 Å². The number of nitrogens with zero attached hydrogens (tertiary/aromatic N) is 1. The van der Waals surface area contributed by atoms with Gasteiger partial charge in [0.05, 0.1) is 11.3 Å². The maximum absolute atomic E-state index is 12.3. The number of benzene rings is 1. The van der Waals surface area contributed by atoms with Gasteiger partial charge in [0, 0.05) is 12.1 Å². The Balaban J connectivity index is 2.35. The quantitative estimate of drug-likeness (QED) is 0.855. The molecule has 1 aromatic carbocycles. The van der Waals surface area contributed by atoms with Crippen LogP contribution in [0.2, 0.25) is 0 Å². The molecule has 20 heavy (non-hydrogen) atoms. The Bertz CT molecular complexity index is 507. The molecule has 0 aromatic heterocycles. The van der Waals surface area contributed by atoms with Crippen molar-refractivity contribution >= 4 is 11.8 Å². The molecule has 4 heteroatoms. The Morgan fingerprint density at radius 1 is 1.40 bits per heavy atom. The average Bonchev–Trinajstić information content (AvgIpc) is 2.37. The summed E-state index contributed by atoms with van der Waals surface area (Å²) >= 11 is 0. The van der Waals surface area contributed by atoms with E-state index in [4.69, 9.17) is 4.74 Å². The lowest BCUT2D eigenvalue weighted by atomic mass is 9.83. The van der Waals surface area contributed by atoms with Crippen LogP contribution in [-0.2, 0) is 10.3 Å². The summed E-state index contributed by atoms with van der Waals surface area (Å²) in [7, 11) is 0. The van der Waals surface area contributed by atoms with Crippen LogP contribution < -0.4 is 4.90 Å². The number of para-hydroxylation sites is 1. The van der Waals surface area contributed by atoms with Crippen molar-refractivity contribution in [3.05, 3.63) is 29.8 Å². The third kappa shape index (κ3) is 2.80. The molecule has 0 saturated heterocycles. The standard InChI is InChI=1S/C16H23NO3/c1-5-16(19)10-11-17(14(18)20-15(2,3)4)13-9-7-6-8-12(13)16/h6-9,19H,5,10-11H2,1-4H3/t16-/m0/s1. The molecule has 1 atom stereocenters. The zero-order valence-corrected chi connectivity index (χ0v) is 12.6. The number of anilines is 1. The molecule has 1 aliphatic heterocycles. The highest BCUT2D eigenvalue weighted by molar-refractivity contribution is 5.89. The van der Waals surface area contributed by atoms with Gasteiger partial charge in [-0.05, 0) is 39.7 Å². The molecule has 0 unspecified atom stereocenters. The molecule has 2 rings (SSSR count). The molecule has 0 radical (unpaired) electrons. The molecule has 1 aromatic rings. The van der Waals surface area contributed by atoms with Gasteiger partial charge in [0.25, 0.3) is 0 Å². The second kappa shape index (κ2) is 5.09. The normalized spacial score (nSPS) is 22.4. The first kappa shape index (κ1) is 14.9. The van der Waals surface area contributed by atoms with Gasteiger partial charge in [-0.3, -0.25) is 4.90 Å². The van der Waals surface area contributed by atoms with Crippen molar-refractivity contribution in [2.24, 2.45) is 0 Å². The largest absolute Gasteiger partial charge is 0.443 e. The molecule has 1 amide bonds. The van der Waals surface area contributed by atoms with Gasteiger partial charge in [-0.2, -0.15) is 0 Å². The second-order valence-electron chi connectivity index (χ2n) is 6.28. The number of carbonyl (C=O) groups is 1. The second-order valence-corrected chi connectivity index (χ2v) is 6.28. The van der Waals surface area contributed by atoms with Gasteiger partial charge < -0.3 is 9.84 Å². The first-order valence-electron chi connectivity index (χ1n) is 7.09. The summed E-state index contributed by atoms with van der Waals surface area (Å²) in [6.45, 7) is 7.98. The predicted octanol–water partition coefficient (Wildman–Crippen LogP) is 3.43. The van der Waals surface area contributed by atoms with Crippen LogP contribution in [-0.4, -0.2) is 23.3 Å². The summed E-state index contributed by atoms with van der Waals surface area (Å²) in [5.41, 5.74) is 0.177. The average molecular weight is 277 g/mol. The number of rotatable bonds is 1. The highest BCUT2D eigenvalue weighted by Crippen LogP contribution is 2.40. The molecule has 110 valence electrons. The third-order valence-corrected chi connectivity index (χ3v) is 3.64. The number of amides is 1. The summed E-state index contributed by atoms with van der Waals surface area (Å²) in [5.74, 6) is 0. The van der Waals surface area contributed by atoms with E-state index >= 15 is 0 Å². The molecule has 0 bridgehead atoms. The summed E-state index contributed by atoms with van der Waals surface area (Å²) < 4.78 is 5.44. The lowest BCUT2D eigenvalue weighted by Crippen LogP contribution is -2.45. The number of carbonyl (C=O) groups excluding carboxylic acids is 1. The molecule has 4 nitrogen and oxygen atoms in total. The van der Waals surface area contributed by atoms with Crippen LogP contribution in [0.25, 0.3) is 0 Å². The van der Waals surface area contributed by atoms with E-state index in [9.17, 15) is 9.90 Å². The van der Waals surface area contributed by atoms with Crippen molar-refractivity contribution in [3.8, 4) is 0 Å². The van der Waals surface area contributed by atoms with Crippen LogP contribution in [0.5, 0.6) is 0 Å². The Hall–Kier alpha value is -1.55. The van der Waals surface area contributed by atoms with Gasteiger partial charge in [-0.25, -0.2) is 4.79 Å². The van der Waals surface area contributed by atoms with Crippen LogP contribution in [0, 0.1) is 0 Å². The summed E-state index contributed by atoms with van der Waals surface area (Å²) in [4.78, 5) is 13.9. The van der Waals surface area contributed by atoms with E-state index in [0.717, 1.165) is 11.3 Å². The number of aliphatic hydroxyl groups is 1. The maximum Gasteiger partial charge on any atom is 0.414 e. The van der Waals surface area contributed by atoms with E-state index in [1.807, 2.05) is 52.0 Å². The van der Waals surface area contributed by atoms with Gasteiger partial charge in [0.15, 0.2) is 0 Å². The van der Waals surface area contributed by atoms with Gasteiger partial charge in [0.2, 0.25) is 0 Å². The monoisotopic (exact) mass is 277 g/mol.